The Morgan fingerprint density at radius 3 is 2.64 bits per heavy atom. The van der Waals surface area contributed by atoms with Gasteiger partial charge in [-0.25, -0.2) is 0 Å². The number of carbonyl (C=O) groups is 2. The molecule has 0 aromatic heterocycles. The van der Waals surface area contributed by atoms with Gasteiger partial charge in [0.25, 0.3) is 5.91 Å². The van der Waals surface area contributed by atoms with Gasteiger partial charge in [-0.1, -0.05) is 42.5 Å². The molecule has 0 unspecified atom stereocenters. The van der Waals surface area contributed by atoms with Gasteiger partial charge in [-0.3, -0.25) is 9.59 Å². The van der Waals surface area contributed by atoms with Gasteiger partial charge in [0.1, 0.15) is 6.04 Å². The van der Waals surface area contributed by atoms with Crippen LogP contribution in [0.25, 0.3) is 10.8 Å². The van der Waals surface area contributed by atoms with Crippen molar-refractivity contribution < 1.29 is 9.59 Å². The number of benzene rings is 2. The molecule has 2 aromatic rings. The lowest BCUT2D eigenvalue weighted by atomic mass is 10.0. The predicted octanol–water partition coefficient (Wildman–Crippen LogP) is 2.78. The summed E-state index contributed by atoms with van der Waals surface area (Å²) < 4.78 is 0. The van der Waals surface area contributed by atoms with Crippen LogP contribution in [0.15, 0.2) is 55.1 Å². The molecular formula is C18H20N2O2. The second kappa shape index (κ2) is 7.41. The summed E-state index contributed by atoms with van der Waals surface area (Å²) in [5, 5.41) is 4.58. The Kier molecular flexibility index (Phi) is 5.31. The highest BCUT2D eigenvalue weighted by Gasteiger charge is 2.19. The fourth-order valence-electron chi connectivity index (χ4n) is 2.41. The van der Waals surface area contributed by atoms with Gasteiger partial charge in [0, 0.05) is 5.56 Å². The van der Waals surface area contributed by atoms with Crippen LogP contribution in [0.5, 0.6) is 0 Å². The Hall–Kier alpha value is -2.62. The first-order valence-electron chi connectivity index (χ1n) is 7.32. The van der Waals surface area contributed by atoms with Gasteiger partial charge in [-0.2, -0.15) is 0 Å². The van der Waals surface area contributed by atoms with Crippen molar-refractivity contribution in [3.8, 4) is 0 Å². The summed E-state index contributed by atoms with van der Waals surface area (Å²) in [7, 11) is 0. The summed E-state index contributed by atoms with van der Waals surface area (Å²) in [4.78, 5) is 24.0. The van der Waals surface area contributed by atoms with Crippen molar-refractivity contribution in [3.05, 3.63) is 60.7 Å². The van der Waals surface area contributed by atoms with Crippen molar-refractivity contribution in [3.63, 3.8) is 0 Å². The van der Waals surface area contributed by atoms with Crippen LogP contribution < -0.4 is 11.1 Å². The van der Waals surface area contributed by atoms with Crippen molar-refractivity contribution in [2.24, 2.45) is 5.73 Å². The largest absolute Gasteiger partial charge is 0.368 e. The molecule has 0 spiro atoms. The number of nitrogens with two attached hydrogens (primary N) is 1. The second-order valence-corrected chi connectivity index (χ2v) is 5.17. The molecule has 0 saturated heterocycles. The number of nitrogens with one attached hydrogen (secondary N) is 1. The molecule has 0 heterocycles. The Bertz CT molecular complexity index is 689. The zero-order valence-electron chi connectivity index (χ0n) is 12.4. The van der Waals surface area contributed by atoms with E-state index in [2.05, 4.69) is 11.9 Å². The third-order valence-electron chi connectivity index (χ3n) is 3.58. The minimum absolute atomic E-state index is 0.279. The minimum atomic E-state index is -0.661. The molecule has 2 amide bonds. The molecule has 3 N–H and O–H groups in total. The van der Waals surface area contributed by atoms with Gasteiger partial charge in [0.15, 0.2) is 0 Å². The average molecular weight is 296 g/mol. The second-order valence-electron chi connectivity index (χ2n) is 5.17. The fourth-order valence-corrected chi connectivity index (χ4v) is 2.41. The molecule has 1 atom stereocenters. The zero-order chi connectivity index (χ0) is 15.9. The van der Waals surface area contributed by atoms with Gasteiger partial charge in [0.05, 0.1) is 0 Å². The van der Waals surface area contributed by atoms with E-state index in [0.717, 1.165) is 23.6 Å². The number of rotatable bonds is 7. The van der Waals surface area contributed by atoms with E-state index in [-0.39, 0.29) is 5.91 Å². The average Bonchev–Trinajstić information content (AvgIpc) is 2.53. The van der Waals surface area contributed by atoms with Crippen molar-refractivity contribution in [2.75, 3.05) is 0 Å². The molecule has 2 rings (SSSR count). The molecule has 0 fully saturated rings. The minimum Gasteiger partial charge on any atom is -0.368 e. The molecule has 4 nitrogen and oxygen atoms in total. The predicted molar refractivity (Wildman–Crippen MR) is 88.4 cm³/mol. The maximum absolute atomic E-state index is 12.5. The van der Waals surface area contributed by atoms with Crippen LogP contribution in [0.3, 0.4) is 0 Å². The molecule has 0 radical (unpaired) electrons. The lowest BCUT2D eigenvalue weighted by Gasteiger charge is -2.16. The van der Waals surface area contributed by atoms with Crippen molar-refractivity contribution in [1.29, 1.82) is 0 Å². The molecule has 0 aliphatic rings. The number of unbranched alkanes of at least 4 members (excludes halogenated alkanes) is 1. The first-order chi connectivity index (χ1) is 10.6. The summed E-state index contributed by atoms with van der Waals surface area (Å²) in [6.07, 6.45) is 3.84. The number of primary amides is 1. The summed E-state index contributed by atoms with van der Waals surface area (Å²) >= 11 is 0. The molecule has 114 valence electrons. The SMILES string of the molecule is C=CCCC[C@H](NC(=O)c1cccc2ccccc12)C(N)=O. The smallest absolute Gasteiger partial charge is 0.252 e. The van der Waals surface area contributed by atoms with E-state index in [0.29, 0.717) is 12.0 Å². The normalized spacial score (nSPS) is 11.8. The molecule has 0 aliphatic heterocycles. The first-order valence-corrected chi connectivity index (χ1v) is 7.32. The lowest BCUT2D eigenvalue weighted by molar-refractivity contribution is -0.120. The maximum atomic E-state index is 12.5. The summed E-state index contributed by atoms with van der Waals surface area (Å²) in [5.41, 5.74) is 5.93. The Morgan fingerprint density at radius 1 is 1.18 bits per heavy atom. The number of fused-ring (bicyclic) bond motifs is 1. The summed E-state index contributed by atoms with van der Waals surface area (Å²) in [6.45, 7) is 3.64. The Morgan fingerprint density at radius 2 is 1.91 bits per heavy atom. The van der Waals surface area contributed by atoms with E-state index in [1.165, 1.54) is 0 Å². The van der Waals surface area contributed by atoms with Crippen molar-refractivity contribution in [1.82, 2.24) is 5.32 Å². The monoisotopic (exact) mass is 296 g/mol. The van der Waals surface area contributed by atoms with Gasteiger partial charge >= 0.3 is 0 Å². The van der Waals surface area contributed by atoms with E-state index in [4.69, 9.17) is 5.73 Å². The van der Waals surface area contributed by atoms with Crippen LogP contribution in [0.2, 0.25) is 0 Å². The molecule has 0 aliphatic carbocycles. The van der Waals surface area contributed by atoms with E-state index in [1.807, 2.05) is 36.4 Å². The molecule has 22 heavy (non-hydrogen) atoms. The van der Waals surface area contributed by atoms with Crippen molar-refractivity contribution >= 4 is 22.6 Å². The van der Waals surface area contributed by atoms with Crippen LogP contribution in [0.4, 0.5) is 0 Å². The quantitative estimate of drug-likeness (QED) is 0.609. The third-order valence-corrected chi connectivity index (χ3v) is 3.58. The lowest BCUT2D eigenvalue weighted by Crippen LogP contribution is -2.44. The molecule has 0 bridgehead atoms. The third kappa shape index (κ3) is 3.73. The Balaban J connectivity index is 2.18. The number of allylic oxidation sites excluding steroid dienone is 1. The summed E-state index contributed by atoms with van der Waals surface area (Å²) in [5.74, 6) is -0.795. The van der Waals surface area contributed by atoms with Crippen LogP contribution in [-0.2, 0) is 4.79 Å². The van der Waals surface area contributed by atoms with Crippen LogP contribution in [0.1, 0.15) is 29.6 Å². The van der Waals surface area contributed by atoms with Crippen LogP contribution in [-0.4, -0.2) is 17.9 Å². The van der Waals surface area contributed by atoms with E-state index in [1.54, 1.807) is 12.1 Å². The standard InChI is InChI=1S/C18H20N2O2/c1-2-3-4-12-16(17(19)21)20-18(22)15-11-7-9-13-8-5-6-10-14(13)15/h2,5-11,16H,1,3-4,12H2,(H2,19,21)(H,20,22)/t16-/m0/s1. The van der Waals surface area contributed by atoms with Gasteiger partial charge in [-0.15, -0.1) is 6.58 Å². The Labute approximate surface area is 130 Å². The highest BCUT2D eigenvalue weighted by molar-refractivity contribution is 6.08. The summed E-state index contributed by atoms with van der Waals surface area (Å²) in [6, 6.07) is 12.5. The topological polar surface area (TPSA) is 72.2 Å². The number of carbonyl (C=O) groups excluding carboxylic acids is 2. The molecular weight excluding hydrogens is 276 g/mol. The molecule has 0 saturated carbocycles. The number of hydrogen-bond donors (Lipinski definition) is 2. The fraction of sp³-hybridized carbons (Fsp3) is 0.222. The van der Waals surface area contributed by atoms with Gasteiger partial charge < -0.3 is 11.1 Å². The van der Waals surface area contributed by atoms with Crippen LogP contribution >= 0.6 is 0 Å². The highest BCUT2D eigenvalue weighted by Crippen LogP contribution is 2.18. The van der Waals surface area contributed by atoms with Gasteiger partial charge in [0.2, 0.25) is 5.91 Å². The highest BCUT2D eigenvalue weighted by atomic mass is 16.2. The van der Waals surface area contributed by atoms with Crippen LogP contribution in [0, 0.1) is 0 Å². The van der Waals surface area contributed by atoms with E-state index in [9.17, 15) is 9.59 Å². The van der Waals surface area contributed by atoms with E-state index >= 15 is 0 Å². The number of hydrogen-bond acceptors (Lipinski definition) is 2. The van der Waals surface area contributed by atoms with E-state index < -0.39 is 11.9 Å². The van der Waals surface area contributed by atoms with Crippen molar-refractivity contribution in [2.45, 2.75) is 25.3 Å². The molecule has 2 aromatic carbocycles. The van der Waals surface area contributed by atoms with Gasteiger partial charge in [-0.05, 0) is 36.1 Å². The maximum Gasteiger partial charge on any atom is 0.252 e. The molecule has 4 heteroatoms. The first kappa shape index (κ1) is 15.8. The number of amides is 2. The zero-order valence-corrected chi connectivity index (χ0v) is 12.4.